The fourth-order valence-electron chi connectivity index (χ4n) is 1.18. The molecule has 1 atom stereocenters. The van der Waals surface area contributed by atoms with E-state index in [4.69, 9.17) is 5.11 Å². The summed E-state index contributed by atoms with van der Waals surface area (Å²) in [7, 11) is 0. The van der Waals surface area contributed by atoms with Crippen LogP contribution in [0.25, 0.3) is 0 Å². The highest BCUT2D eigenvalue weighted by Gasteiger charge is 2.37. The maximum atomic E-state index is 11.4. The SMILES string of the molecule is CC(C)(NC(=O)O)C(O)C(=O)NC1CC1. The van der Waals surface area contributed by atoms with Gasteiger partial charge in [0, 0.05) is 6.04 Å². The van der Waals surface area contributed by atoms with Crippen LogP contribution in [0, 0.1) is 0 Å². The van der Waals surface area contributed by atoms with E-state index in [1.54, 1.807) is 0 Å². The quantitative estimate of drug-likeness (QED) is 0.517. The van der Waals surface area contributed by atoms with Crippen LogP contribution in [0.15, 0.2) is 0 Å². The zero-order valence-electron chi connectivity index (χ0n) is 8.78. The van der Waals surface area contributed by atoms with E-state index in [-0.39, 0.29) is 6.04 Å². The molecule has 15 heavy (non-hydrogen) atoms. The summed E-state index contributed by atoms with van der Waals surface area (Å²) in [5, 5.41) is 22.9. The molecule has 0 saturated heterocycles. The predicted octanol–water partition coefficient (Wildman–Crippen LogP) is -0.328. The van der Waals surface area contributed by atoms with Crippen molar-refractivity contribution in [2.45, 2.75) is 44.4 Å². The molecular weight excluding hydrogens is 200 g/mol. The third kappa shape index (κ3) is 3.39. The maximum Gasteiger partial charge on any atom is 0.405 e. The average molecular weight is 216 g/mol. The number of carbonyl (C=O) groups excluding carboxylic acids is 1. The molecule has 1 aliphatic rings. The Morgan fingerprint density at radius 1 is 1.40 bits per heavy atom. The molecule has 6 heteroatoms. The van der Waals surface area contributed by atoms with Crippen LogP contribution in [0.3, 0.4) is 0 Å². The number of amides is 2. The van der Waals surface area contributed by atoms with Gasteiger partial charge in [-0.05, 0) is 26.7 Å². The van der Waals surface area contributed by atoms with Crippen LogP contribution in [0.4, 0.5) is 4.79 Å². The molecule has 0 aromatic carbocycles. The first-order chi connectivity index (χ1) is 6.83. The van der Waals surface area contributed by atoms with Crippen LogP contribution in [0.2, 0.25) is 0 Å². The van der Waals surface area contributed by atoms with Gasteiger partial charge in [-0.2, -0.15) is 0 Å². The third-order valence-corrected chi connectivity index (χ3v) is 2.28. The zero-order chi connectivity index (χ0) is 11.6. The Hall–Kier alpha value is -1.30. The summed E-state index contributed by atoms with van der Waals surface area (Å²) in [4.78, 5) is 21.9. The Kier molecular flexibility index (Phi) is 3.18. The van der Waals surface area contributed by atoms with Crippen molar-refractivity contribution in [1.29, 1.82) is 0 Å². The smallest absolute Gasteiger partial charge is 0.405 e. The summed E-state index contributed by atoms with van der Waals surface area (Å²) in [6.45, 7) is 2.91. The van der Waals surface area contributed by atoms with Crippen molar-refractivity contribution < 1.29 is 19.8 Å². The van der Waals surface area contributed by atoms with Gasteiger partial charge in [0.2, 0.25) is 0 Å². The molecule has 6 nitrogen and oxygen atoms in total. The van der Waals surface area contributed by atoms with Gasteiger partial charge in [-0.3, -0.25) is 4.79 Å². The number of aliphatic hydroxyl groups is 1. The van der Waals surface area contributed by atoms with E-state index in [0.717, 1.165) is 12.8 Å². The molecule has 86 valence electrons. The average Bonchev–Trinajstić information content (AvgIpc) is 2.84. The van der Waals surface area contributed by atoms with Gasteiger partial charge in [-0.1, -0.05) is 0 Å². The van der Waals surface area contributed by atoms with E-state index in [0.29, 0.717) is 0 Å². The van der Waals surface area contributed by atoms with Crippen molar-refractivity contribution in [2.24, 2.45) is 0 Å². The summed E-state index contributed by atoms with van der Waals surface area (Å²) in [6.07, 6.45) is -0.802. The number of rotatable bonds is 4. The number of nitrogens with one attached hydrogen (secondary N) is 2. The topological polar surface area (TPSA) is 98.7 Å². The molecule has 1 aliphatic carbocycles. The van der Waals surface area contributed by atoms with E-state index in [1.807, 2.05) is 0 Å². The van der Waals surface area contributed by atoms with E-state index in [2.05, 4.69) is 10.6 Å². The van der Waals surface area contributed by atoms with Crippen molar-refractivity contribution in [3.05, 3.63) is 0 Å². The van der Waals surface area contributed by atoms with Gasteiger partial charge < -0.3 is 20.8 Å². The Balaban J connectivity index is 2.51. The number of carbonyl (C=O) groups is 2. The lowest BCUT2D eigenvalue weighted by molar-refractivity contribution is -0.132. The van der Waals surface area contributed by atoms with Gasteiger partial charge in [0.15, 0.2) is 6.10 Å². The number of hydrogen-bond donors (Lipinski definition) is 4. The van der Waals surface area contributed by atoms with E-state index in [9.17, 15) is 14.7 Å². The van der Waals surface area contributed by atoms with E-state index >= 15 is 0 Å². The second kappa shape index (κ2) is 4.06. The molecule has 1 rings (SSSR count). The molecule has 2 amide bonds. The van der Waals surface area contributed by atoms with Crippen LogP contribution in [0.5, 0.6) is 0 Å². The van der Waals surface area contributed by atoms with E-state index < -0.39 is 23.6 Å². The van der Waals surface area contributed by atoms with Crippen molar-refractivity contribution in [1.82, 2.24) is 10.6 Å². The van der Waals surface area contributed by atoms with Crippen LogP contribution >= 0.6 is 0 Å². The molecule has 0 aromatic rings. The first kappa shape index (κ1) is 11.8. The molecule has 0 aliphatic heterocycles. The minimum absolute atomic E-state index is 0.146. The van der Waals surface area contributed by atoms with Crippen LogP contribution in [-0.2, 0) is 4.79 Å². The minimum atomic E-state index is -1.38. The molecule has 0 bridgehead atoms. The van der Waals surface area contributed by atoms with Crippen LogP contribution < -0.4 is 10.6 Å². The van der Waals surface area contributed by atoms with E-state index in [1.165, 1.54) is 13.8 Å². The molecule has 1 saturated carbocycles. The highest BCUT2D eigenvalue weighted by atomic mass is 16.4. The molecule has 0 heterocycles. The summed E-state index contributed by atoms with van der Waals surface area (Å²) in [5.41, 5.74) is -1.19. The van der Waals surface area contributed by atoms with Gasteiger partial charge in [-0.15, -0.1) is 0 Å². The molecule has 4 N–H and O–H groups in total. The summed E-state index contributed by atoms with van der Waals surface area (Å²) in [5.74, 6) is -0.531. The number of aliphatic hydroxyl groups excluding tert-OH is 1. The second-order valence-corrected chi connectivity index (χ2v) is 4.34. The molecule has 0 spiro atoms. The maximum absolute atomic E-state index is 11.4. The second-order valence-electron chi connectivity index (χ2n) is 4.34. The predicted molar refractivity (Wildman–Crippen MR) is 52.4 cm³/mol. The lowest BCUT2D eigenvalue weighted by Gasteiger charge is -2.29. The number of carboxylic acid groups (broad SMARTS) is 1. The van der Waals surface area contributed by atoms with Gasteiger partial charge in [0.25, 0.3) is 5.91 Å². The lowest BCUT2D eigenvalue weighted by Crippen LogP contribution is -2.57. The molecule has 0 aromatic heterocycles. The molecule has 0 radical (unpaired) electrons. The van der Waals surface area contributed by atoms with Gasteiger partial charge >= 0.3 is 6.09 Å². The lowest BCUT2D eigenvalue weighted by atomic mass is 9.97. The fraction of sp³-hybridized carbons (Fsp3) is 0.778. The minimum Gasteiger partial charge on any atom is -0.465 e. The highest BCUT2D eigenvalue weighted by molar-refractivity contribution is 5.83. The Morgan fingerprint density at radius 3 is 2.33 bits per heavy atom. The zero-order valence-corrected chi connectivity index (χ0v) is 8.78. The highest BCUT2D eigenvalue weighted by Crippen LogP contribution is 2.19. The summed E-state index contributed by atoms with van der Waals surface area (Å²) >= 11 is 0. The fourth-order valence-corrected chi connectivity index (χ4v) is 1.18. The summed E-state index contributed by atoms with van der Waals surface area (Å²) in [6, 6.07) is 0.146. The largest absolute Gasteiger partial charge is 0.465 e. The normalized spacial score (nSPS) is 18.1. The van der Waals surface area contributed by atoms with Crippen LogP contribution in [-0.4, -0.2) is 39.9 Å². The Bertz CT molecular complexity index is 273. The molecular formula is C9H16N2O4. The first-order valence-electron chi connectivity index (χ1n) is 4.82. The summed E-state index contributed by atoms with van der Waals surface area (Å²) < 4.78 is 0. The molecule has 1 unspecified atom stereocenters. The van der Waals surface area contributed by atoms with Crippen molar-refractivity contribution in [3.63, 3.8) is 0 Å². The Morgan fingerprint density at radius 2 is 1.93 bits per heavy atom. The molecule has 1 fully saturated rings. The van der Waals surface area contributed by atoms with Crippen molar-refractivity contribution in [2.75, 3.05) is 0 Å². The van der Waals surface area contributed by atoms with Crippen molar-refractivity contribution in [3.8, 4) is 0 Å². The number of hydrogen-bond acceptors (Lipinski definition) is 3. The Labute approximate surface area is 87.7 Å². The third-order valence-electron chi connectivity index (χ3n) is 2.28. The van der Waals surface area contributed by atoms with Gasteiger partial charge in [0.1, 0.15) is 0 Å². The van der Waals surface area contributed by atoms with Crippen molar-refractivity contribution >= 4 is 12.0 Å². The van der Waals surface area contributed by atoms with Gasteiger partial charge in [-0.25, -0.2) is 4.79 Å². The van der Waals surface area contributed by atoms with Crippen LogP contribution in [0.1, 0.15) is 26.7 Å². The first-order valence-corrected chi connectivity index (χ1v) is 4.82. The van der Waals surface area contributed by atoms with Gasteiger partial charge in [0.05, 0.1) is 5.54 Å². The standard InChI is InChI=1S/C9H16N2O4/c1-9(2,11-8(14)15)6(12)7(13)10-5-3-4-5/h5-6,11-12H,3-4H2,1-2H3,(H,10,13)(H,14,15). The monoisotopic (exact) mass is 216 g/mol.